The Labute approximate surface area is 84.9 Å². The van der Waals surface area contributed by atoms with Crippen LogP contribution in [0.5, 0.6) is 0 Å². The number of ketones is 1. The predicted molar refractivity (Wildman–Crippen MR) is 48.9 cm³/mol. The molecule has 0 amide bonds. The normalized spacial score (nSPS) is 53.9. The van der Waals surface area contributed by atoms with Crippen molar-refractivity contribution in [3.63, 3.8) is 0 Å². The van der Waals surface area contributed by atoms with Crippen molar-refractivity contribution >= 4 is 21.7 Å². The Morgan fingerprint density at radius 1 is 1.08 bits per heavy atom. The topological polar surface area (TPSA) is 42.1 Å². The van der Waals surface area contributed by atoms with Crippen LogP contribution in [-0.2, 0) is 14.3 Å². The van der Waals surface area contributed by atoms with Crippen LogP contribution in [0.25, 0.3) is 0 Å². The van der Waals surface area contributed by atoms with Gasteiger partial charge in [0.15, 0.2) is 0 Å². The molecule has 0 bridgehead atoms. The number of rotatable bonds is 0. The van der Waals surface area contributed by atoms with Crippen LogP contribution in [0.1, 0.15) is 19.3 Å². The highest BCUT2D eigenvalue weighted by molar-refractivity contribution is 9.10. The van der Waals surface area contributed by atoms with E-state index in [0.29, 0.717) is 24.7 Å². The minimum Gasteiger partial charge on any atom is -0.369 e. The summed E-state index contributed by atoms with van der Waals surface area (Å²) in [7, 11) is 0. The molecule has 5 atom stereocenters. The van der Waals surface area contributed by atoms with E-state index in [4.69, 9.17) is 9.47 Å². The van der Waals surface area contributed by atoms with Crippen molar-refractivity contribution in [3.8, 4) is 0 Å². The maximum absolute atomic E-state index is 11.5. The Morgan fingerprint density at radius 3 is 2.54 bits per heavy atom. The average Bonchev–Trinajstić information content (AvgIpc) is 2.94. The molecule has 3 nitrogen and oxygen atoms in total. The van der Waals surface area contributed by atoms with E-state index in [2.05, 4.69) is 15.9 Å². The number of halogens is 1. The molecule has 0 unspecified atom stereocenters. The van der Waals surface area contributed by atoms with Crippen molar-refractivity contribution in [1.29, 1.82) is 0 Å². The molecular weight excluding hydrogens is 236 g/mol. The first kappa shape index (κ1) is 8.38. The zero-order valence-electron chi connectivity index (χ0n) is 7.11. The summed E-state index contributed by atoms with van der Waals surface area (Å²) in [4.78, 5) is 11.5. The smallest absolute Gasteiger partial charge is 0.149 e. The lowest BCUT2D eigenvalue weighted by molar-refractivity contribution is -0.118. The summed E-state index contributed by atoms with van der Waals surface area (Å²) >= 11 is 3.40. The van der Waals surface area contributed by atoms with E-state index in [1.165, 1.54) is 0 Å². The first-order chi connectivity index (χ1) is 6.24. The molecule has 0 N–H and O–H groups in total. The number of epoxide rings is 2. The molecule has 0 aromatic heterocycles. The van der Waals surface area contributed by atoms with Crippen LogP contribution in [0.3, 0.4) is 0 Å². The molecule has 3 fully saturated rings. The summed E-state index contributed by atoms with van der Waals surface area (Å²) < 4.78 is 10.8. The largest absolute Gasteiger partial charge is 0.369 e. The third-order valence-electron chi connectivity index (χ3n) is 3.03. The number of alkyl halides is 1. The van der Waals surface area contributed by atoms with Crippen LogP contribution in [0, 0.1) is 0 Å². The Bertz CT molecular complexity index is 255. The maximum atomic E-state index is 11.5. The molecule has 0 radical (unpaired) electrons. The predicted octanol–water partition coefficient (Wildman–Crippen LogP) is 1.04. The van der Waals surface area contributed by atoms with Gasteiger partial charge in [-0.2, -0.15) is 0 Å². The van der Waals surface area contributed by atoms with Crippen LogP contribution in [-0.4, -0.2) is 35.0 Å². The molecule has 2 aliphatic heterocycles. The number of fused-ring (bicyclic) bond motifs is 2. The number of hydrogen-bond acceptors (Lipinski definition) is 3. The fourth-order valence-electron chi connectivity index (χ4n) is 2.05. The molecule has 0 spiro atoms. The van der Waals surface area contributed by atoms with E-state index in [0.717, 1.165) is 12.8 Å². The van der Waals surface area contributed by atoms with Gasteiger partial charge >= 0.3 is 0 Å². The quantitative estimate of drug-likeness (QED) is 0.474. The number of hydrogen-bond donors (Lipinski definition) is 0. The fraction of sp³-hybridized carbons (Fsp3) is 0.889. The van der Waals surface area contributed by atoms with Crippen molar-refractivity contribution < 1.29 is 14.3 Å². The maximum Gasteiger partial charge on any atom is 0.149 e. The summed E-state index contributed by atoms with van der Waals surface area (Å²) in [5.74, 6) is 0.267. The van der Waals surface area contributed by atoms with Crippen molar-refractivity contribution in [1.82, 2.24) is 0 Å². The Hall–Kier alpha value is 0.0700. The molecule has 1 aliphatic carbocycles. The SMILES string of the molecule is O=C1C[C@H]2O[C@H]2C[C@H]2O[C@H]2C[C@H]1Br. The number of Topliss-reactive ketones (excluding diaryl/α,β-unsaturated/α-hetero) is 1. The summed E-state index contributed by atoms with van der Waals surface area (Å²) in [6, 6.07) is 0. The Balaban J connectivity index is 1.73. The monoisotopic (exact) mass is 246 g/mol. The van der Waals surface area contributed by atoms with E-state index < -0.39 is 0 Å². The van der Waals surface area contributed by atoms with E-state index >= 15 is 0 Å². The summed E-state index contributed by atoms with van der Waals surface area (Å²) in [5.41, 5.74) is 0. The van der Waals surface area contributed by atoms with Gasteiger partial charge in [0.25, 0.3) is 0 Å². The van der Waals surface area contributed by atoms with Crippen molar-refractivity contribution in [3.05, 3.63) is 0 Å². The molecule has 0 aromatic carbocycles. The summed E-state index contributed by atoms with van der Waals surface area (Å²) in [6.45, 7) is 0. The lowest BCUT2D eigenvalue weighted by Gasteiger charge is -2.04. The van der Waals surface area contributed by atoms with Gasteiger partial charge in [0.2, 0.25) is 0 Å². The van der Waals surface area contributed by atoms with Crippen LogP contribution < -0.4 is 0 Å². The van der Waals surface area contributed by atoms with E-state index in [9.17, 15) is 4.79 Å². The number of ether oxygens (including phenoxy) is 2. The molecular formula is C9H11BrO3. The minimum atomic E-state index is -0.0227. The van der Waals surface area contributed by atoms with E-state index in [-0.39, 0.29) is 16.7 Å². The Morgan fingerprint density at radius 2 is 1.69 bits per heavy atom. The third kappa shape index (κ3) is 1.55. The third-order valence-corrected chi connectivity index (χ3v) is 3.92. The van der Waals surface area contributed by atoms with E-state index in [1.54, 1.807) is 0 Å². The van der Waals surface area contributed by atoms with Gasteiger partial charge in [0.1, 0.15) is 5.78 Å². The van der Waals surface area contributed by atoms with Gasteiger partial charge in [-0.05, 0) is 6.42 Å². The molecule has 2 heterocycles. The zero-order chi connectivity index (χ0) is 9.00. The van der Waals surface area contributed by atoms with Gasteiger partial charge in [0, 0.05) is 12.8 Å². The lowest BCUT2D eigenvalue weighted by atomic mass is 10.1. The van der Waals surface area contributed by atoms with Gasteiger partial charge in [-0.15, -0.1) is 0 Å². The van der Waals surface area contributed by atoms with Crippen molar-refractivity contribution in [2.75, 3.05) is 0 Å². The van der Waals surface area contributed by atoms with Crippen LogP contribution in [0.2, 0.25) is 0 Å². The van der Waals surface area contributed by atoms with Crippen molar-refractivity contribution in [2.24, 2.45) is 0 Å². The standard InChI is InChI=1S/C9H11BrO3/c10-4-1-6-8(12-6)3-9-7(13-9)2-5(4)11/h4,6-9H,1-3H2/t4-,6+,7-,8-,9+/m1/s1. The van der Waals surface area contributed by atoms with Crippen molar-refractivity contribution in [2.45, 2.75) is 48.5 Å². The second-order valence-electron chi connectivity index (χ2n) is 4.04. The van der Waals surface area contributed by atoms with Crippen LogP contribution in [0.15, 0.2) is 0 Å². The van der Waals surface area contributed by atoms with Crippen LogP contribution in [0.4, 0.5) is 0 Å². The highest BCUT2D eigenvalue weighted by Crippen LogP contribution is 2.41. The molecule has 1 saturated carbocycles. The van der Waals surface area contributed by atoms with Gasteiger partial charge < -0.3 is 9.47 Å². The second kappa shape index (κ2) is 2.78. The molecule has 3 rings (SSSR count). The number of carbonyl (C=O) groups excluding carboxylic acids is 1. The average molecular weight is 247 g/mol. The first-order valence-corrected chi connectivity index (χ1v) is 5.63. The van der Waals surface area contributed by atoms with Gasteiger partial charge in [-0.3, -0.25) is 4.79 Å². The molecule has 2 saturated heterocycles. The molecule has 13 heavy (non-hydrogen) atoms. The van der Waals surface area contributed by atoms with Gasteiger partial charge in [-0.1, -0.05) is 15.9 Å². The zero-order valence-corrected chi connectivity index (χ0v) is 8.70. The summed E-state index contributed by atoms with van der Waals surface area (Å²) in [5, 5.41) is 0. The molecule has 0 aromatic rings. The fourth-order valence-corrected chi connectivity index (χ4v) is 2.61. The Kier molecular flexibility index (Phi) is 1.79. The highest BCUT2D eigenvalue weighted by atomic mass is 79.9. The van der Waals surface area contributed by atoms with Gasteiger partial charge in [-0.25, -0.2) is 0 Å². The van der Waals surface area contributed by atoms with Gasteiger partial charge in [0.05, 0.1) is 29.2 Å². The lowest BCUT2D eigenvalue weighted by Crippen LogP contribution is -2.17. The second-order valence-corrected chi connectivity index (χ2v) is 5.14. The van der Waals surface area contributed by atoms with E-state index in [1.807, 2.05) is 0 Å². The number of carbonyl (C=O) groups is 1. The van der Waals surface area contributed by atoms with Crippen LogP contribution >= 0.6 is 15.9 Å². The highest BCUT2D eigenvalue weighted by Gasteiger charge is 2.51. The molecule has 4 heteroatoms. The summed E-state index contributed by atoms with van der Waals surface area (Å²) in [6.07, 6.45) is 3.56. The molecule has 3 aliphatic rings. The first-order valence-electron chi connectivity index (χ1n) is 4.72. The molecule has 72 valence electrons. The minimum absolute atomic E-state index is 0.0227.